The van der Waals surface area contributed by atoms with E-state index in [1.807, 2.05) is 41.8 Å². The summed E-state index contributed by atoms with van der Waals surface area (Å²) in [5, 5.41) is 6.32. The van der Waals surface area contributed by atoms with Gasteiger partial charge in [-0.1, -0.05) is 23.7 Å². The topological polar surface area (TPSA) is 54.5 Å². The van der Waals surface area contributed by atoms with Crippen LogP contribution in [-0.4, -0.2) is 36.4 Å². The van der Waals surface area contributed by atoms with Crippen molar-refractivity contribution in [2.45, 2.75) is 19.4 Å². The zero-order valence-corrected chi connectivity index (χ0v) is 18.1. The van der Waals surface area contributed by atoms with Crippen LogP contribution in [0.25, 0.3) is 0 Å². The van der Waals surface area contributed by atoms with Crippen molar-refractivity contribution in [1.82, 2.24) is 9.88 Å². The monoisotopic (exact) mass is 429 g/mol. The second-order valence-electron chi connectivity index (χ2n) is 6.95. The molecule has 152 valence electrons. The van der Waals surface area contributed by atoms with E-state index in [0.29, 0.717) is 11.6 Å². The maximum Gasteiger partial charge on any atom is 0.230 e. The molecule has 5 nitrogen and oxygen atoms in total. The predicted octanol–water partition coefficient (Wildman–Crippen LogP) is 4.66. The Balaban J connectivity index is 1.46. The maximum atomic E-state index is 12.3. The average molecular weight is 430 g/mol. The molecule has 0 fully saturated rings. The molecule has 7 heteroatoms. The van der Waals surface area contributed by atoms with E-state index in [-0.39, 0.29) is 12.3 Å². The number of anilines is 1. The van der Waals surface area contributed by atoms with Gasteiger partial charge in [0.05, 0.1) is 12.1 Å². The molecule has 1 aromatic heterocycles. The number of hydrogen-bond donors (Lipinski definition) is 1. The standard InChI is InChI=1S/C22H24ClN3O2S/c1-26(2)12-11-16-3-7-18(8-4-16)24-21(27)13-19-15-29-22(25-19)14-28-20-9-5-17(23)6-10-20/h3-10,15H,11-14H2,1-2H3,(H,24,27). The molecule has 0 atom stereocenters. The van der Waals surface area contributed by atoms with E-state index in [4.69, 9.17) is 16.3 Å². The molecule has 1 amide bonds. The zero-order chi connectivity index (χ0) is 20.6. The van der Waals surface area contributed by atoms with E-state index >= 15 is 0 Å². The quantitative estimate of drug-likeness (QED) is 0.537. The average Bonchev–Trinajstić information content (AvgIpc) is 3.14. The van der Waals surface area contributed by atoms with Crippen LogP contribution in [0.15, 0.2) is 53.9 Å². The van der Waals surface area contributed by atoms with Crippen LogP contribution in [0.5, 0.6) is 5.75 Å². The lowest BCUT2D eigenvalue weighted by molar-refractivity contribution is -0.115. The van der Waals surface area contributed by atoms with Crippen LogP contribution in [0.1, 0.15) is 16.3 Å². The van der Waals surface area contributed by atoms with Gasteiger partial charge in [0.1, 0.15) is 17.4 Å². The summed E-state index contributed by atoms with van der Waals surface area (Å²) < 4.78 is 5.69. The number of rotatable bonds is 9. The number of hydrogen-bond acceptors (Lipinski definition) is 5. The van der Waals surface area contributed by atoms with E-state index in [1.54, 1.807) is 12.1 Å². The van der Waals surface area contributed by atoms with Crippen molar-refractivity contribution in [2.75, 3.05) is 26.0 Å². The summed E-state index contributed by atoms with van der Waals surface area (Å²) in [6.07, 6.45) is 1.22. The van der Waals surface area contributed by atoms with Crippen molar-refractivity contribution in [3.05, 3.63) is 75.2 Å². The highest BCUT2D eigenvalue weighted by Gasteiger charge is 2.09. The van der Waals surface area contributed by atoms with Crippen molar-refractivity contribution < 1.29 is 9.53 Å². The number of halogens is 1. The number of carbonyl (C=O) groups excluding carboxylic acids is 1. The van der Waals surface area contributed by atoms with E-state index in [9.17, 15) is 4.79 Å². The Labute approximate surface area is 180 Å². The van der Waals surface area contributed by atoms with Gasteiger partial charge < -0.3 is 15.0 Å². The fraction of sp³-hybridized carbons (Fsp3) is 0.273. The lowest BCUT2D eigenvalue weighted by Crippen LogP contribution is -2.16. The Kier molecular flexibility index (Phi) is 7.63. The molecule has 0 aliphatic carbocycles. The lowest BCUT2D eigenvalue weighted by Gasteiger charge is -2.10. The Morgan fingerprint density at radius 2 is 1.86 bits per heavy atom. The van der Waals surface area contributed by atoms with Crippen molar-refractivity contribution in [2.24, 2.45) is 0 Å². The van der Waals surface area contributed by atoms with Crippen LogP contribution in [0.3, 0.4) is 0 Å². The second kappa shape index (κ2) is 10.4. The summed E-state index contributed by atoms with van der Waals surface area (Å²) in [6, 6.07) is 15.2. The smallest absolute Gasteiger partial charge is 0.230 e. The maximum absolute atomic E-state index is 12.3. The molecule has 1 heterocycles. The van der Waals surface area contributed by atoms with Crippen LogP contribution in [0, 0.1) is 0 Å². The molecular formula is C22H24ClN3O2S. The molecule has 29 heavy (non-hydrogen) atoms. The molecule has 0 radical (unpaired) electrons. The van der Waals surface area contributed by atoms with Crippen LogP contribution in [-0.2, 0) is 24.2 Å². The van der Waals surface area contributed by atoms with E-state index < -0.39 is 0 Å². The molecular weight excluding hydrogens is 406 g/mol. The van der Waals surface area contributed by atoms with Crippen LogP contribution in [0.4, 0.5) is 5.69 Å². The number of nitrogens with one attached hydrogen (secondary N) is 1. The Morgan fingerprint density at radius 1 is 1.14 bits per heavy atom. The second-order valence-corrected chi connectivity index (χ2v) is 8.33. The van der Waals surface area contributed by atoms with Gasteiger partial charge in [-0.3, -0.25) is 4.79 Å². The summed E-state index contributed by atoms with van der Waals surface area (Å²) in [6.45, 7) is 1.36. The fourth-order valence-corrected chi connectivity index (χ4v) is 3.48. The normalized spacial score (nSPS) is 10.9. The number of amides is 1. The Bertz CT molecular complexity index is 924. The molecule has 2 aromatic carbocycles. The largest absolute Gasteiger partial charge is 0.486 e. The van der Waals surface area contributed by atoms with Crippen molar-refractivity contribution in [3.8, 4) is 5.75 Å². The van der Waals surface area contributed by atoms with Gasteiger partial charge in [-0.2, -0.15) is 0 Å². The minimum Gasteiger partial charge on any atom is -0.486 e. The van der Waals surface area contributed by atoms with Crippen molar-refractivity contribution in [1.29, 1.82) is 0 Å². The predicted molar refractivity (Wildman–Crippen MR) is 119 cm³/mol. The number of thiazole rings is 1. The number of benzene rings is 2. The number of ether oxygens (including phenoxy) is 1. The fourth-order valence-electron chi connectivity index (χ4n) is 2.65. The van der Waals surface area contributed by atoms with Gasteiger partial charge in [0.2, 0.25) is 5.91 Å². The first-order valence-corrected chi connectivity index (χ1v) is 10.6. The van der Waals surface area contributed by atoms with E-state index in [2.05, 4.69) is 29.3 Å². The first-order valence-electron chi connectivity index (χ1n) is 9.33. The van der Waals surface area contributed by atoms with Crippen molar-refractivity contribution in [3.63, 3.8) is 0 Å². The molecule has 0 spiro atoms. The highest BCUT2D eigenvalue weighted by molar-refractivity contribution is 7.09. The summed E-state index contributed by atoms with van der Waals surface area (Å²) >= 11 is 7.35. The van der Waals surface area contributed by atoms with Crippen molar-refractivity contribution >= 4 is 34.5 Å². The van der Waals surface area contributed by atoms with Gasteiger partial charge in [0.25, 0.3) is 0 Å². The van der Waals surface area contributed by atoms with Crippen LogP contribution in [0.2, 0.25) is 5.02 Å². The minimum atomic E-state index is -0.0819. The molecule has 0 saturated heterocycles. The highest BCUT2D eigenvalue weighted by Crippen LogP contribution is 2.19. The minimum absolute atomic E-state index is 0.0819. The van der Waals surface area contributed by atoms with Crippen LogP contribution < -0.4 is 10.1 Å². The van der Waals surface area contributed by atoms with Gasteiger partial charge in [0, 0.05) is 22.6 Å². The molecule has 3 aromatic rings. The van der Waals surface area contributed by atoms with Gasteiger partial charge >= 0.3 is 0 Å². The third-order valence-corrected chi connectivity index (χ3v) is 5.33. The molecule has 0 saturated carbocycles. The third-order valence-electron chi connectivity index (χ3n) is 4.20. The summed E-state index contributed by atoms with van der Waals surface area (Å²) in [5.74, 6) is 0.652. The first kappa shape index (κ1) is 21.3. The molecule has 0 aliphatic heterocycles. The third kappa shape index (κ3) is 7.16. The van der Waals surface area contributed by atoms with E-state index in [0.717, 1.165) is 35.1 Å². The summed E-state index contributed by atoms with van der Waals surface area (Å²) in [4.78, 5) is 18.9. The van der Waals surface area contributed by atoms with E-state index in [1.165, 1.54) is 16.9 Å². The molecule has 3 rings (SSSR count). The van der Waals surface area contributed by atoms with Gasteiger partial charge in [-0.05, 0) is 62.5 Å². The molecule has 0 unspecified atom stereocenters. The molecule has 1 N–H and O–H groups in total. The number of likely N-dealkylation sites (N-methyl/N-ethyl adjacent to an activating group) is 1. The molecule has 0 aliphatic rings. The van der Waals surface area contributed by atoms with Crippen LogP contribution >= 0.6 is 22.9 Å². The van der Waals surface area contributed by atoms with Gasteiger partial charge in [0.15, 0.2) is 0 Å². The summed E-state index contributed by atoms with van der Waals surface area (Å²) in [7, 11) is 4.12. The Morgan fingerprint density at radius 3 is 2.55 bits per heavy atom. The lowest BCUT2D eigenvalue weighted by atomic mass is 10.1. The number of nitrogens with zero attached hydrogens (tertiary/aromatic N) is 2. The first-order chi connectivity index (χ1) is 14.0. The number of aromatic nitrogens is 1. The summed E-state index contributed by atoms with van der Waals surface area (Å²) in [5.41, 5.74) is 2.79. The molecule has 0 bridgehead atoms. The Hall–Kier alpha value is -2.41. The zero-order valence-electron chi connectivity index (χ0n) is 16.5. The van der Waals surface area contributed by atoms with Gasteiger partial charge in [-0.25, -0.2) is 4.98 Å². The highest BCUT2D eigenvalue weighted by atomic mass is 35.5. The number of carbonyl (C=O) groups is 1. The van der Waals surface area contributed by atoms with Gasteiger partial charge in [-0.15, -0.1) is 11.3 Å². The SMILES string of the molecule is CN(C)CCc1ccc(NC(=O)Cc2csc(COc3ccc(Cl)cc3)n2)cc1.